The van der Waals surface area contributed by atoms with Crippen molar-refractivity contribution in [2.24, 2.45) is 5.92 Å². The van der Waals surface area contributed by atoms with Crippen LogP contribution in [0.4, 0.5) is 11.4 Å². The van der Waals surface area contributed by atoms with Crippen LogP contribution in [0.25, 0.3) is 0 Å². The van der Waals surface area contributed by atoms with E-state index in [1.165, 1.54) is 0 Å². The predicted molar refractivity (Wildman–Crippen MR) is 134 cm³/mol. The van der Waals surface area contributed by atoms with Crippen LogP contribution in [-0.4, -0.2) is 75.8 Å². The Kier molecular flexibility index (Phi) is 8.69. The molecule has 0 N–H and O–H groups in total. The predicted octanol–water partition coefficient (Wildman–Crippen LogP) is 4.06. The molecule has 2 saturated heterocycles. The van der Waals surface area contributed by atoms with Gasteiger partial charge in [-0.25, -0.2) is 9.97 Å². The summed E-state index contributed by atoms with van der Waals surface area (Å²) in [6, 6.07) is 5.96. The fourth-order valence-electron chi connectivity index (χ4n) is 4.58. The number of methoxy groups -OCH3 is 2. The fraction of sp³-hybridized carbons (Fsp3) is 0.600. The molecule has 8 nitrogen and oxygen atoms in total. The van der Waals surface area contributed by atoms with E-state index in [-0.39, 0.29) is 12.2 Å². The van der Waals surface area contributed by atoms with E-state index in [2.05, 4.69) is 32.8 Å². The second-order valence-corrected chi connectivity index (χ2v) is 9.38. The van der Waals surface area contributed by atoms with Crippen molar-refractivity contribution in [3.63, 3.8) is 0 Å². The Balaban J connectivity index is 1.25. The number of piperidine rings is 1. The topological polar surface area (TPSA) is 69.2 Å². The van der Waals surface area contributed by atoms with E-state index < -0.39 is 0 Å². The van der Waals surface area contributed by atoms with Crippen molar-refractivity contribution in [1.29, 1.82) is 0 Å². The third kappa shape index (κ3) is 6.23. The Morgan fingerprint density at radius 2 is 1.79 bits per heavy atom. The number of anilines is 2. The molecule has 34 heavy (non-hydrogen) atoms. The van der Waals surface area contributed by atoms with Crippen LogP contribution in [0.3, 0.4) is 0 Å². The summed E-state index contributed by atoms with van der Waals surface area (Å²) >= 11 is 6.36. The molecule has 2 aromatic heterocycles. The van der Waals surface area contributed by atoms with Gasteiger partial charge in [-0.3, -0.25) is 0 Å². The molecule has 0 aliphatic carbocycles. The highest BCUT2D eigenvalue weighted by atomic mass is 35.5. The molecule has 2 aliphatic heterocycles. The number of pyridine rings is 2. The summed E-state index contributed by atoms with van der Waals surface area (Å²) in [4.78, 5) is 13.3. The van der Waals surface area contributed by atoms with Crippen LogP contribution in [0, 0.1) is 5.92 Å². The summed E-state index contributed by atoms with van der Waals surface area (Å²) in [5, 5.41) is 0.635. The first-order valence-electron chi connectivity index (χ1n) is 12.0. The van der Waals surface area contributed by atoms with Crippen molar-refractivity contribution >= 4 is 23.0 Å². The molecule has 0 saturated carbocycles. The molecule has 0 aromatic carbocycles. The van der Waals surface area contributed by atoms with Gasteiger partial charge in [0, 0.05) is 77.4 Å². The lowest BCUT2D eigenvalue weighted by Gasteiger charge is -2.34. The molecule has 9 heteroatoms. The SMILES string of the molecule is COCCCO[C@H]1CN(c2ccc(OC3CCN(c4cc(OC)ncc4Cl)CC3)nc2)CC1C. The van der Waals surface area contributed by atoms with Gasteiger partial charge < -0.3 is 28.7 Å². The zero-order chi connectivity index (χ0) is 23.9. The van der Waals surface area contributed by atoms with Gasteiger partial charge >= 0.3 is 0 Å². The average Bonchev–Trinajstić information content (AvgIpc) is 3.23. The highest BCUT2D eigenvalue weighted by Gasteiger charge is 2.30. The lowest BCUT2D eigenvalue weighted by Crippen LogP contribution is -2.38. The molecule has 2 fully saturated rings. The van der Waals surface area contributed by atoms with Crippen molar-refractivity contribution in [1.82, 2.24) is 9.97 Å². The second kappa shape index (κ2) is 11.9. The monoisotopic (exact) mass is 490 g/mol. The maximum absolute atomic E-state index is 6.36. The van der Waals surface area contributed by atoms with Crippen molar-refractivity contribution in [2.75, 3.05) is 63.4 Å². The standard InChI is InChI=1S/C25H35ClN4O4/c1-18-16-30(17-23(18)33-12-4-11-31-2)19-5-6-24(27-14-19)34-20-7-9-29(10-8-20)22-13-25(32-3)28-15-21(22)26/h5-6,13-15,18,20,23H,4,7-12,16-17H2,1-3H3/t18?,23-/m0/s1. The maximum Gasteiger partial charge on any atom is 0.215 e. The first-order chi connectivity index (χ1) is 16.6. The quantitative estimate of drug-likeness (QED) is 0.462. The zero-order valence-corrected chi connectivity index (χ0v) is 21.0. The maximum atomic E-state index is 6.36. The minimum absolute atomic E-state index is 0.133. The van der Waals surface area contributed by atoms with Crippen LogP contribution in [-0.2, 0) is 9.47 Å². The summed E-state index contributed by atoms with van der Waals surface area (Å²) in [5.41, 5.74) is 2.06. The van der Waals surface area contributed by atoms with Gasteiger partial charge in [-0.05, 0) is 12.5 Å². The van der Waals surface area contributed by atoms with E-state index in [0.717, 1.165) is 70.0 Å². The number of rotatable bonds is 10. The molecule has 0 bridgehead atoms. The third-order valence-corrected chi connectivity index (χ3v) is 6.83. The number of hydrogen-bond acceptors (Lipinski definition) is 8. The smallest absolute Gasteiger partial charge is 0.215 e. The summed E-state index contributed by atoms with van der Waals surface area (Å²) in [5.74, 6) is 1.72. The molecule has 1 unspecified atom stereocenters. The summed E-state index contributed by atoms with van der Waals surface area (Å²) in [7, 11) is 3.33. The number of ether oxygens (including phenoxy) is 4. The normalized spacial score (nSPS) is 21.2. The molecule has 2 aromatic rings. The van der Waals surface area contributed by atoms with Crippen LogP contribution in [0.1, 0.15) is 26.2 Å². The number of halogens is 1. The Morgan fingerprint density at radius 3 is 2.50 bits per heavy atom. The van der Waals surface area contributed by atoms with Crippen molar-refractivity contribution in [3.8, 4) is 11.8 Å². The minimum atomic E-state index is 0.133. The van der Waals surface area contributed by atoms with E-state index in [0.29, 0.717) is 22.7 Å². The van der Waals surface area contributed by atoms with E-state index >= 15 is 0 Å². The van der Waals surface area contributed by atoms with Crippen LogP contribution in [0.5, 0.6) is 11.8 Å². The molecule has 2 aliphatic rings. The summed E-state index contributed by atoms with van der Waals surface area (Å²) in [6.07, 6.45) is 6.65. The van der Waals surface area contributed by atoms with Crippen molar-refractivity contribution in [3.05, 3.63) is 35.6 Å². The molecule has 0 amide bonds. The number of aromatic nitrogens is 2. The van der Waals surface area contributed by atoms with Gasteiger partial charge in [0.1, 0.15) is 6.10 Å². The van der Waals surface area contributed by atoms with E-state index in [1.54, 1.807) is 20.4 Å². The Labute approximate surface area is 207 Å². The summed E-state index contributed by atoms with van der Waals surface area (Å²) < 4.78 is 22.6. The van der Waals surface area contributed by atoms with Crippen molar-refractivity contribution in [2.45, 2.75) is 38.4 Å². The van der Waals surface area contributed by atoms with Gasteiger partial charge in [0.25, 0.3) is 0 Å². The van der Waals surface area contributed by atoms with Gasteiger partial charge in [-0.1, -0.05) is 18.5 Å². The molecule has 2 atom stereocenters. The molecule has 4 rings (SSSR count). The molecule has 0 radical (unpaired) electrons. The Bertz CT molecular complexity index is 908. The second-order valence-electron chi connectivity index (χ2n) is 8.97. The lowest BCUT2D eigenvalue weighted by atomic mass is 10.1. The largest absolute Gasteiger partial charge is 0.481 e. The van der Waals surface area contributed by atoms with E-state index in [9.17, 15) is 0 Å². The average molecular weight is 491 g/mol. The van der Waals surface area contributed by atoms with Gasteiger partial charge in [0.15, 0.2) is 0 Å². The third-order valence-electron chi connectivity index (χ3n) is 6.54. The Morgan fingerprint density at radius 1 is 1.00 bits per heavy atom. The lowest BCUT2D eigenvalue weighted by molar-refractivity contribution is 0.0310. The zero-order valence-electron chi connectivity index (χ0n) is 20.3. The minimum Gasteiger partial charge on any atom is -0.481 e. The first-order valence-corrected chi connectivity index (χ1v) is 12.4. The Hall–Kier alpha value is -2.29. The first kappa shape index (κ1) is 24.8. The van der Waals surface area contributed by atoms with Crippen LogP contribution in [0.2, 0.25) is 5.02 Å². The van der Waals surface area contributed by atoms with Crippen LogP contribution >= 0.6 is 11.6 Å². The highest BCUT2D eigenvalue weighted by Crippen LogP contribution is 2.31. The number of hydrogen-bond donors (Lipinski definition) is 0. The fourth-order valence-corrected chi connectivity index (χ4v) is 4.80. The highest BCUT2D eigenvalue weighted by molar-refractivity contribution is 6.33. The number of nitrogens with zero attached hydrogens (tertiary/aromatic N) is 4. The van der Waals surface area contributed by atoms with Crippen LogP contribution < -0.4 is 19.3 Å². The molecular formula is C25H35ClN4O4. The molecular weight excluding hydrogens is 456 g/mol. The van der Waals surface area contributed by atoms with Gasteiger partial charge in [0.2, 0.25) is 11.8 Å². The van der Waals surface area contributed by atoms with E-state index in [1.807, 2.05) is 18.3 Å². The molecule has 0 spiro atoms. The van der Waals surface area contributed by atoms with Gasteiger partial charge in [0.05, 0.1) is 42.0 Å². The van der Waals surface area contributed by atoms with E-state index in [4.69, 9.17) is 30.5 Å². The van der Waals surface area contributed by atoms with Crippen LogP contribution in [0.15, 0.2) is 30.6 Å². The molecule has 186 valence electrons. The van der Waals surface area contributed by atoms with Gasteiger partial charge in [-0.15, -0.1) is 0 Å². The molecule has 4 heterocycles. The summed E-state index contributed by atoms with van der Waals surface area (Å²) in [6.45, 7) is 7.28. The van der Waals surface area contributed by atoms with Gasteiger partial charge in [-0.2, -0.15) is 0 Å². The van der Waals surface area contributed by atoms with Crippen molar-refractivity contribution < 1.29 is 18.9 Å².